The maximum absolute atomic E-state index is 12.4. The lowest BCUT2D eigenvalue weighted by Gasteiger charge is -2.32. The third-order valence-electron chi connectivity index (χ3n) is 5.43. The minimum absolute atomic E-state index is 0.0303. The quantitative estimate of drug-likeness (QED) is 0.701. The van der Waals surface area contributed by atoms with E-state index >= 15 is 0 Å². The summed E-state index contributed by atoms with van der Waals surface area (Å²) in [6, 6.07) is 12.9. The maximum atomic E-state index is 12.4. The van der Waals surface area contributed by atoms with Crippen LogP contribution in [0.5, 0.6) is 17.2 Å². The van der Waals surface area contributed by atoms with Gasteiger partial charge in [0.05, 0.1) is 7.11 Å². The molecule has 8 nitrogen and oxygen atoms in total. The molecular formula is C24H27N3O5. The van der Waals surface area contributed by atoms with E-state index in [1.165, 1.54) is 6.08 Å². The van der Waals surface area contributed by atoms with Gasteiger partial charge in [0.25, 0.3) is 0 Å². The second-order valence-electron chi connectivity index (χ2n) is 7.65. The van der Waals surface area contributed by atoms with E-state index in [0.29, 0.717) is 56.4 Å². The van der Waals surface area contributed by atoms with Crippen molar-refractivity contribution in [3.8, 4) is 17.2 Å². The summed E-state index contributed by atoms with van der Waals surface area (Å²) in [5.74, 6) is 1.59. The average molecular weight is 437 g/mol. The highest BCUT2D eigenvalue weighted by atomic mass is 16.6. The van der Waals surface area contributed by atoms with Gasteiger partial charge in [0.1, 0.15) is 13.2 Å². The van der Waals surface area contributed by atoms with Crippen LogP contribution in [0.25, 0.3) is 6.08 Å². The zero-order valence-corrected chi connectivity index (χ0v) is 18.0. The van der Waals surface area contributed by atoms with E-state index in [4.69, 9.17) is 14.2 Å². The molecule has 0 radical (unpaired) electrons. The number of nitrogens with one attached hydrogen (secondary N) is 2. The first kappa shape index (κ1) is 21.5. The Kier molecular flexibility index (Phi) is 6.79. The summed E-state index contributed by atoms with van der Waals surface area (Å²) in [6.07, 6.45) is 4.64. The number of rotatable bonds is 5. The van der Waals surface area contributed by atoms with Crippen LogP contribution in [0.4, 0.5) is 10.5 Å². The first-order chi connectivity index (χ1) is 15.6. The van der Waals surface area contributed by atoms with Crippen LogP contribution in [-0.2, 0) is 4.79 Å². The SMILES string of the molecule is COc1cc(/C=C/C(=O)NC2CCN(C(=O)Nc3ccccc3)CC2)cc2c1OCCO2. The van der Waals surface area contributed by atoms with Crippen molar-refractivity contribution in [3.05, 3.63) is 54.1 Å². The molecule has 8 heteroatoms. The highest BCUT2D eigenvalue weighted by Crippen LogP contribution is 2.40. The van der Waals surface area contributed by atoms with Gasteiger partial charge in [0.15, 0.2) is 11.5 Å². The third kappa shape index (κ3) is 5.32. The van der Waals surface area contributed by atoms with Crippen LogP contribution in [-0.4, -0.2) is 56.3 Å². The average Bonchev–Trinajstić information content (AvgIpc) is 2.83. The molecule has 2 aromatic carbocycles. The molecule has 0 unspecified atom stereocenters. The molecule has 32 heavy (non-hydrogen) atoms. The predicted octanol–water partition coefficient (Wildman–Crippen LogP) is 3.29. The van der Waals surface area contributed by atoms with E-state index in [2.05, 4.69) is 10.6 Å². The normalized spacial score (nSPS) is 16.0. The number of amides is 3. The Morgan fingerprint density at radius 2 is 1.84 bits per heavy atom. The van der Waals surface area contributed by atoms with Gasteiger partial charge in [-0.05, 0) is 48.7 Å². The molecule has 0 spiro atoms. The van der Waals surface area contributed by atoms with Crippen LogP contribution in [0.15, 0.2) is 48.5 Å². The number of para-hydroxylation sites is 1. The smallest absolute Gasteiger partial charge is 0.321 e. The highest BCUT2D eigenvalue weighted by molar-refractivity contribution is 5.92. The monoisotopic (exact) mass is 437 g/mol. The predicted molar refractivity (Wildman–Crippen MR) is 121 cm³/mol. The van der Waals surface area contributed by atoms with Crippen molar-refractivity contribution in [1.29, 1.82) is 0 Å². The third-order valence-corrected chi connectivity index (χ3v) is 5.43. The van der Waals surface area contributed by atoms with Gasteiger partial charge in [-0.3, -0.25) is 4.79 Å². The zero-order chi connectivity index (χ0) is 22.3. The Labute approximate surface area is 187 Å². The number of ether oxygens (including phenoxy) is 3. The molecule has 2 aromatic rings. The van der Waals surface area contributed by atoms with E-state index in [0.717, 1.165) is 11.3 Å². The number of likely N-dealkylation sites (tertiary alicyclic amines) is 1. The van der Waals surface area contributed by atoms with Crippen LogP contribution in [0.2, 0.25) is 0 Å². The molecular weight excluding hydrogens is 410 g/mol. The number of anilines is 1. The Bertz CT molecular complexity index is 967. The Morgan fingerprint density at radius 1 is 1.09 bits per heavy atom. The molecule has 0 bridgehead atoms. The lowest BCUT2D eigenvalue weighted by Crippen LogP contribution is -2.47. The molecule has 1 fully saturated rings. The number of carbonyl (C=O) groups is 2. The molecule has 168 valence electrons. The van der Waals surface area contributed by atoms with Gasteiger partial charge < -0.3 is 29.7 Å². The van der Waals surface area contributed by atoms with Gasteiger partial charge in [0, 0.05) is 30.9 Å². The minimum Gasteiger partial charge on any atom is -0.493 e. The summed E-state index contributed by atoms with van der Waals surface area (Å²) in [4.78, 5) is 26.6. The molecule has 0 atom stereocenters. The van der Waals surface area contributed by atoms with Gasteiger partial charge >= 0.3 is 6.03 Å². The van der Waals surface area contributed by atoms with Crippen LogP contribution < -0.4 is 24.8 Å². The fourth-order valence-electron chi connectivity index (χ4n) is 3.76. The number of methoxy groups -OCH3 is 1. The molecule has 2 heterocycles. The summed E-state index contributed by atoms with van der Waals surface area (Å²) in [6.45, 7) is 2.14. The van der Waals surface area contributed by atoms with Crippen LogP contribution in [0.1, 0.15) is 18.4 Å². The lowest BCUT2D eigenvalue weighted by atomic mass is 10.1. The van der Waals surface area contributed by atoms with Crippen LogP contribution >= 0.6 is 0 Å². The molecule has 0 saturated carbocycles. The number of benzene rings is 2. The summed E-state index contributed by atoms with van der Waals surface area (Å²) in [5, 5.41) is 5.91. The largest absolute Gasteiger partial charge is 0.493 e. The van der Waals surface area contributed by atoms with Gasteiger partial charge in [-0.2, -0.15) is 0 Å². The number of urea groups is 1. The molecule has 2 aliphatic rings. The zero-order valence-electron chi connectivity index (χ0n) is 18.0. The Hall–Kier alpha value is -3.68. The van der Waals surface area contributed by atoms with E-state index in [1.54, 1.807) is 24.2 Å². The molecule has 2 N–H and O–H groups in total. The van der Waals surface area contributed by atoms with E-state index in [1.807, 2.05) is 36.4 Å². The van der Waals surface area contributed by atoms with Gasteiger partial charge in [-0.1, -0.05) is 18.2 Å². The van der Waals surface area contributed by atoms with E-state index in [-0.39, 0.29) is 18.0 Å². The summed E-state index contributed by atoms with van der Waals surface area (Å²) in [7, 11) is 1.57. The fourth-order valence-corrected chi connectivity index (χ4v) is 3.76. The van der Waals surface area contributed by atoms with Crippen molar-refractivity contribution in [2.24, 2.45) is 0 Å². The number of hydrogen-bond acceptors (Lipinski definition) is 5. The standard InChI is InChI=1S/C24H27N3O5/c1-30-20-15-17(16-21-23(20)32-14-13-31-21)7-8-22(28)25-19-9-11-27(12-10-19)24(29)26-18-5-3-2-4-6-18/h2-8,15-16,19H,9-14H2,1H3,(H,25,28)(H,26,29)/b8-7+. The summed E-state index contributed by atoms with van der Waals surface area (Å²) in [5.41, 5.74) is 1.56. The van der Waals surface area contributed by atoms with E-state index < -0.39 is 0 Å². The Morgan fingerprint density at radius 3 is 2.59 bits per heavy atom. The first-order valence-electron chi connectivity index (χ1n) is 10.7. The molecule has 0 aromatic heterocycles. The van der Waals surface area contributed by atoms with Crippen LogP contribution in [0, 0.1) is 0 Å². The first-order valence-corrected chi connectivity index (χ1v) is 10.7. The van der Waals surface area contributed by atoms with E-state index in [9.17, 15) is 9.59 Å². The van der Waals surface area contributed by atoms with Crippen molar-refractivity contribution in [1.82, 2.24) is 10.2 Å². The van der Waals surface area contributed by atoms with Crippen molar-refractivity contribution in [2.45, 2.75) is 18.9 Å². The maximum Gasteiger partial charge on any atom is 0.321 e. The number of carbonyl (C=O) groups excluding carboxylic acids is 2. The number of piperidine rings is 1. The summed E-state index contributed by atoms with van der Waals surface area (Å²) < 4.78 is 16.6. The number of hydrogen-bond donors (Lipinski definition) is 2. The lowest BCUT2D eigenvalue weighted by molar-refractivity contribution is -0.117. The second kappa shape index (κ2) is 10.1. The number of fused-ring (bicyclic) bond motifs is 1. The van der Waals surface area contributed by atoms with Crippen molar-refractivity contribution in [3.63, 3.8) is 0 Å². The Balaban J connectivity index is 1.27. The van der Waals surface area contributed by atoms with Crippen LogP contribution in [0.3, 0.4) is 0 Å². The van der Waals surface area contributed by atoms with Gasteiger partial charge in [0.2, 0.25) is 11.7 Å². The molecule has 2 aliphatic heterocycles. The van der Waals surface area contributed by atoms with Crippen molar-refractivity contribution in [2.75, 3.05) is 38.7 Å². The fraction of sp³-hybridized carbons (Fsp3) is 0.333. The second-order valence-corrected chi connectivity index (χ2v) is 7.65. The topological polar surface area (TPSA) is 89.1 Å². The molecule has 1 saturated heterocycles. The van der Waals surface area contributed by atoms with Gasteiger partial charge in [-0.15, -0.1) is 0 Å². The highest BCUT2D eigenvalue weighted by Gasteiger charge is 2.23. The molecule has 0 aliphatic carbocycles. The molecule has 4 rings (SSSR count). The summed E-state index contributed by atoms with van der Waals surface area (Å²) >= 11 is 0. The van der Waals surface area contributed by atoms with Crippen molar-refractivity contribution < 1.29 is 23.8 Å². The van der Waals surface area contributed by atoms with Gasteiger partial charge in [-0.25, -0.2) is 4.79 Å². The van der Waals surface area contributed by atoms with Crippen molar-refractivity contribution >= 4 is 23.7 Å². The minimum atomic E-state index is -0.175. The number of nitrogens with zero attached hydrogens (tertiary/aromatic N) is 1. The molecule has 3 amide bonds.